The Balaban J connectivity index is 2.58. The van der Waals surface area contributed by atoms with E-state index in [1.807, 2.05) is 6.08 Å². The van der Waals surface area contributed by atoms with E-state index in [1.54, 1.807) is 0 Å². The molecule has 1 saturated heterocycles. The van der Waals surface area contributed by atoms with Crippen LogP contribution in [0.15, 0.2) is 12.7 Å². The highest BCUT2D eigenvalue weighted by Crippen LogP contribution is 2.17. The fourth-order valence-corrected chi connectivity index (χ4v) is 1.55. The van der Waals surface area contributed by atoms with Gasteiger partial charge in [0.15, 0.2) is 0 Å². The number of hydrogen-bond acceptors (Lipinski definition) is 3. The third kappa shape index (κ3) is 1.85. The van der Waals surface area contributed by atoms with Crippen LogP contribution >= 0.6 is 0 Å². The number of hydrogen-bond donors (Lipinski definition) is 1. The lowest BCUT2D eigenvalue weighted by Crippen LogP contribution is -2.46. The van der Waals surface area contributed by atoms with E-state index in [4.69, 9.17) is 0 Å². The Morgan fingerprint density at radius 2 is 2.50 bits per heavy atom. The summed E-state index contributed by atoms with van der Waals surface area (Å²) in [5.74, 6) is 0.0470. The molecule has 0 bridgehead atoms. The lowest BCUT2D eigenvalue weighted by atomic mass is 9.91. The molecule has 0 unspecified atom stereocenters. The highest BCUT2D eigenvalue weighted by atomic mass is 16.5. The summed E-state index contributed by atoms with van der Waals surface area (Å²) in [6.07, 6.45) is 3.95. The van der Waals surface area contributed by atoms with E-state index in [0.717, 1.165) is 19.4 Å². The second-order valence-corrected chi connectivity index (χ2v) is 3.00. The van der Waals surface area contributed by atoms with Gasteiger partial charge in [-0.2, -0.15) is 0 Å². The van der Waals surface area contributed by atoms with Crippen molar-refractivity contribution in [1.82, 2.24) is 5.32 Å². The average Bonchev–Trinajstić information content (AvgIpc) is 2.16. The molecule has 0 spiro atoms. The van der Waals surface area contributed by atoms with Crippen molar-refractivity contribution in [1.29, 1.82) is 0 Å². The number of ether oxygens (including phenoxy) is 1. The molecule has 3 heteroatoms. The van der Waals surface area contributed by atoms with Crippen molar-refractivity contribution in [2.75, 3.05) is 13.7 Å². The molecule has 1 N–H and O–H groups in total. The van der Waals surface area contributed by atoms with E-state index in [1.165, 1.54) is 7.11 Å². The number of methoxy groups -OCH3 is 1. The molecule has 0 radical (unpaired) electrons. The van der Waals surface area contributed by atoms with Gasteiger partial charge in [-0.05, 0) is 19.4 Å². The van der Waals surface area contributed by atoms with E-state index < -0.39 is 0 Å². The largest absolute Gasteiger partial charge is 0.468 e. The summed E-state index contributed by atoms with van der Waals surface area (Å²) in [6.45, 7) is 4.60. The van der Waals surface area contributed by atoms with Crippen LogP contribution in [0, 0.1) is 5.92 Å². The van der Waals surface area contributed by atoms with Crippen LogP contribution in [-0.2, 0) is 9.53 Å². The third-order valence-corrected chi connectivity index (χ3v) is 2.26. The predicted molar refractivity (Wildman–Crippen MR) is 46.7 cm³/mol. The minimum atomic E-state index is -0.181. The standard InChI is InChI=1S/C9H15NO2/c1-3-7-5-4-6-10-8(7)9(11)12-2/h3,7-8,10H,1,4-6H2,2H3/t7-,8+/m1/s1. The fraction of sp³-hybridized carbons (Fsp3) is 0.667. The average molecular weight is 169 g/mol. The molecule has 0 aliphatic carbocycles. The van der Waals surface area contributed by atoms with Crippen LogP contribution in [0.2, 0.25) is 0 Å². The van der Waals surface area contributed by atoms with Gasteiger partial charge in [0.25, 0.3) is 0 Å². The second-order valence-electron chi connectivity index (χ2n) is 3.00. The maximum atomic E-state index is 11.2. The predicted octanol–water partition coefficient (Wildman–Crippen LogP) is 0.714. The Bertz CT molecular complexity index is 179. The molecular formula is C9H15NO2. The van der Waals surface area contributed by atoms with Crippen LogP contribution in [0.25, 0.3) is 0 Å². The summed E-state index contributed by atoms with van der Waals surface area (Å²) in [5.41, 5.74) is 0. The van der Waals surface area contributed by atoms with Gasteiger partial charge in [0.2, 0.25) is 0 Å². The molecule has 1 rings (SSSR count). The molecule has 1 fully saturated rings. The van der Waals surface area contributed by atoms with Crippen molar-refractivity contribution in [3.63, 3.8) is 0 Å². The van der Waals surface area contributed by atoms with Crippen LogP contribution in [0.3, 0.4) is 0 Å². The molecule has 1 aliphatic rings. The van der Waals surface area contributed by atoms with Gasteiger partial charge in [-0.15, -0.1) is 6.58 Å². The van der Waals surface area contributed by atoms with E-state index in [9.17, 15) is 4.79 Å². The van der Waals surface area contributed by atoms with Gasteiger partial charge in [-0.25, -0.2) is 0 Å². The topological polar surface area (TPSA) is 38.3 Å². The Kier molecular flexibility index (Phi) is 3.29. The normalized spacial score (nSPS) is 29.4. The minimum absolute atomic E-state index is 0.179. The number of esters is 1. The monoisotopic (exact) mass is 169 g/mol. The fourth-order valence-electron chi connectivity index (χ4n) is 1.55. The van der Waals surface area contributed by atoms with Crippen LogP contribution < -0.4 is 5.32 Å². The zero-order valence-corrected chi connectivity index (χ0v) is 7.38. The maximum absolute atomic E-state index is 11.2. The quantitative estimate of drug-likeness (QED) is 0.489. The molecule has 1 aliphatic heterocycles. The van der Waals surface area contributed by atoms with Crippen molar-refractivity contribution >= 4 is 5.97 Å². The summed E-state index contributed by atoms with van der Waals surface area (Å²) < 4.78 is 4.67. The van der Waals surface area contributed by atoms with Crippen LogP contribution in [0.4, 0.5) is 0 Å². The molecule has 0 aromatic carbocycles. The van der Waals surface area contributed by atoms with Crippen molar-refractivity contribution in [2.24, 2.45) is 5.92 Å². The van der Waals surface area contributed by atoms with Crippen LogP contribution in [0.1, 0.15) is 12.8 Å². The van der Waals surface area contributed by atoms with Crippen molar-refractivity contribution in [3.8, 4) is 0 Å². The lowest BCUT2D eigenvalue weighted by molar-refractivity contribution is -0.144. The molecule has 1 heterocycles. The van der Waals surface area contributed by atoms with Gasteiger partial charge in [-0.3, -0.25) is 4.79 Å². The lowest BCUT2D eigenvalue weighted by Gasteiger charge is -2.28. The maximum Gasteiger partial charge on any atom is 0.323 e. The van der Waals surface area contributed by atoms with Gasteiger partial charge in [0.05, 0.1) is 7.11 Å². The summed E-state index contributed by atoms with van der Waals surface area (Å²) in [4.78, 5) is 11.2. The van der Waals surface area contributed by atoms with Crippen LogP contribution in [-0.4, -0.2) is 25.7 Å². The Morgan fingerprint density at radius 3 is 3.08 bits per heavy atom. The zero-order valence-electron chi connectivity index (χ0n) is 7.38. The van der Waals surface area contributed by atoms with Crippen molar-refractivity contribution < 1.29 is 9.53 Å². The second kappa shape index (κ2) is 4.26. The van der Waals surface area contributed by atoms with E-state index in [-0.39, 0.29) is 17.9 Å². The number of rotatable bonds is 2. The minimum Gasteiger partial charge on any atom is -0.468 e. The summed E-state index contributed by atoms with van der Waals surface area (Å²) >= 11 is 0. The Morgan fingerprint density at radius 1 is 1.75 bits per heavy atom. The first-order valence-corrected chi connectivity index (χ1v) is 4.23. The Hall–Kier alpha value is -0.830. The summed E-state index contributed by atoms with van der Waals surface area (Å²) in [7, 11) is 1.42. The molecule has 0 aromatic heterocycles. The number of carbonyl (C=O) groups excluding carboxylic acids is 1. The van der Waals surface area contributed by atoms with Crippen LogP contribution in [0.5, 0.6) is 0 Å². The SMILES string of the molecule is C=C[C@@H]1CCCN[C@@H]1C(=O)OC. The highest BCUT2D eigenvalue weighted by Gasteiger charge is 2.28. The summed E-state index contributed by atoms with van der Waals surface area (Å²) in [5, 5.41) is 3.12. The van der Waals surface area contributed by atoms with Gasteiger partial charge >= 0.3 is 5.97 Å². The van der Waals surface area contributed by atoms with Crippen molar-refractivity contribution in [3.05, 3.63) is 12.7 Å². The van der Waals surface area contributed by atoms with E-state index in [2.05, 4.69) is 16.6 Å². The van der Waals surface area contributed by atoms with Gasteiger partial charge in [-0.1, -0.05) is 6.08 Å². The molecular weight excluding hydrogens is 154 g/mol. The summed E-state index contributed by atoms with van der Waals surface area (Å²) in [6, 6.07) is -0.179. The van der Waals surface area contributed by atoms with Gasteiger partial charge in [0, 0.05) is 5.92 Å². The third-order valence-electron chi connectivity index (χ3n) is 2.26. The number of carbonyl (C=O) groups is 1. The number of piperidine rings is 1. The van der Waals surface area contributed by atoms with Gasteiger partial charge < -0.3 is 10.1 Å². The Labute approximate surface area is 72.8 Å². The first kappa shape index (κ1) is 9.26. The smallest absolute Gasteiger partial charge is 0.323 e. The van der Waals surface area contributed by atoms with E-state index >= 15 is 0 Å². The molecule has 3 nitrogen and oxygen atoms in total. The first-order chi connectivity index (χ1) is 5.79. The van der Waals surface area contributed by atoms with Gasteiger partial charge in [0.1, 0.15) is 6.04 Å². The molecule has 68 valence electrons. The molecule has 12 heavy (non-hydrogen) atoms. The molecule has 0 aromatic rings. The van der Waals surface area contributed by atoms with Crippen molar-refractivity contribution in [2.45, 2.75) is 18.9 Å². The molecule has 0 amide bonds. The highest BCUT2D eigenvalue weighted by molar-refractivity contribution is 5.76. The first-order valence-electron chi connectivity index (χ1n) is 4.23. The number of nitrogens with one attached hydrogen (secondary N) is 1. The zero-order chi connectivity index (χ0) is 8.97. The van der Waals surface area contributed by atoms with E-state index in [0.29, 0.717) is 0 Å². The molecule has 2 atom stereocenters. The molecule has 0 saturated carbocycles.